The Bertz CT molecular complexity index is 573. The molecule has 6 heteroatoms. The summed E-state index contributed by atoms with van der Waals surface area (Å²) >= 11 is 0. The van der Waals surface area contributed by atoms with Crippen LogP contribution in [-0.2, 0) is 9.63 Å². The zero-order valence-electron chi connectivity index (χ0n) is 13.1. The van der Waals surface area contributed by atoms with E-state index < -0.39 is 0 Å². The smallest absolute Gasteiger partial charge is 0.273 e. The summed E-state index contributed by atoms with van der Waals surface area (Å²) in [6.07, 6.45) is 4.78. The molecule has 1 amide bonds. The van der Waals surface area contributed by atoms with Gasteiger partial charge in [-0.15, -0.1) is 0 Å². The van der Waals surface area contributed by atoms with Crippen LogP contribution in [-0.4, -0.2) is 46.7 Å². The van der Waals surface area contributed by atoms with Crippen molar-refractivity contribution < 1.29 is 9.63 Å². The standard InChI is InChI=1S/C16H22N4O2/c1-12(2)10-20-7-5-16(11-20)8-14(19-22-16)15(21)18-13-4-3-6-17-9-13/h3-4,6,9,12H,5,7-8,10-11H2,1-2H3,(H,18,21)/t16-/m0/s1. The van der Waals surface area contributed by atoms with Crippen molar-refractivity contribution in [1.29, 1.82) is 0 Å². The number of hydrogen-bond donors (Lipinski definition) is 1. The molecule has 118 valence electrons. The number of carbonyl (C=O) groups excluding carboxylic acids is 1. The lowest BCUT2D eigenvalue weighted by Gasteiger charge is -2.22. The van der Waals surface area contributed by atoms with Crippen LogP contribution >= 0.6 is 0 Å². The average molecular weight is 302 g/mol. The number of aromatic nitrogens is 1. The summed E-state index contributed by atoms with van der Waals surface area (Å²) in [4.78, 5) is 24.3. The van der Waals surface area contributed by atoms with Gasteiger partial charge < -0.3 is 10.2 Å². The van der Waals surface area contributed by atoms with E-state index in [0.29, 0.717) is 23.7 Å². The lowest BCUT2D eigenvalue weighted by molar-refractivity contribution is -0.110. The number of hydrogen-bond acceptors (Lipinski definition) is 5. The second-order valence-electron chi connectivity index (χ2n) is 6.56. The molecule has 0 bridgehead atoms. The van der Waals surface area contributed by atoms with Gasteiger partial charge in [-0.25, -0.2) is 0 Å². The molecule has 3 rings (SSSR count). The number of nitrogens with zero attached hydrogens (tertiary/aromatic N) is 3. The fourth-order valence-electron chi connectivity index (χ4n) is 3.10. The molecule has 2 aliphatic rings. The molecule has 1 spiro atoms. The molecule has 1 fully saturated rings. The SMILES string of the molecule is CC(C)CN1CC[C@]2(CC(C(=O)Nc3cccnc3)=NO2)C1. The summed E-state index contributed by atoms with van der Waals surface area (Å²) in [6, 6.07) is 3.59. The van der Waals surface area contributed by atoms with Crippen LogP contribution < -0.4 is 5.32 Å². The van der Waals surface area contributed by atoms with E-state index >= 15 is 0 Å². The molecular formula is C16H22N4O2. The van der Waals surface area contributed by atoms with Gasteiger partial charge in [-0.05, 0) is 18.1 Å². The van der Waals surface area contributed by atoms with E-state index in [1.54, 1.807) is 24.5 Å². The summed E-state index contributed by atoms with van der Waals surface area (Å²) in [5.74, 6) is 0.429. The molecule has 2 aliphatic heterocycles. The summed E-state index contributed by atoms with van der Waals surface area (Å²) in [6.45, 7) is 7.33. The Labute approximate surface area is 130 Å². The van der Waals surface area contributed by atoms with Crippen molar-refractivity contribution in [3.63, 3.8) is 0 Å². The number of rotatable bonds is 4. The molecule has 0 unspecified atom stereocenters. The van der Waals surface area contributed by atoms with E-state index in [0.717, 1.165) is 26.1 Å². The average Bonchev–Trinajstić information content (AvgIpc) is 3.07. The molecular weight excluding hydrogens is 280 g/mol. The third-order valence-corrected chi connectivity index (χ3v) is 4.04. The summed E-state index contributed by atoms with van der Waals surface area (Å²) in [7, 11) is 0. The fraction of sp³-hybridized carbons (Fsp3) is 0.562. The van der Waals surface area contributed by atoms with Crippen molar-refractivity contribution in [2.75, 3.05) is 25.0 Å². The Morgan fingerprint density at radius 3 is 3.14 bits per heavy atom. The Balaban J connectivity index is 1.57. The van der Waals surface area contributed by atoms with Crippen molar-refractivity contribution in [3.8, 4) is 0 Å². The normalized spacial score (nSPS) is 24.6. The highest BCUT2D eigenvalue weighted by Gasteiger charge is 2.46. The third-order valence-electron chi connectivity index (χ3n) is 4.04. The molecule has 22 heavy (non-hydrogen) atoms. The molecule has 3 heterocycles. The maximum absolute atomic E-state index is 12.3. The monoisotopic (exact) mass is 302 g/mol. The highest BCUT2D eigenvalue weighted by atomic mass is 16.7. The second kappa shape index (κ2) is 6.04. The number of likely N-dealkylation sites (tertiary alicyclic amines) is 1. The summed E-state index contributed by atoms with van der Waals surface area (Å²) in [5, 5.41) is 6.85. The first-order valence-electron chi connectivity index (χ1n) is 7.75. The van der Waals surface area contributed by atoms with Crippen LogP contribution in [0.1, 0.15) is 26.7 Å². The molecule has 1 N–H and O–H groups in total. The van der Waals surface area contributed by atoms with Crippen molar-refractivity contribution in [1.82, 2.24) is 9.88 Å². The van der Waals surface area contributed by atoms with Gasteiger partial charge in [-0.3, -0.25) is 14.7 Å². The number of oxime groups is 1. The fourth-order valence-corrected chi connectivity index (χ4v) is 3.10. The number of amides is 1. The van der Waals surface area contributed by atoms with Gasteiger partial charge in [0.15, 0.2) is 5.60 Å². The van der Waals surface area contributed by atoms with E-state index in [2.05, 4.69) is 34.2 Å². The van der Waals surface area contributed by atoms with Gasteiger partial charge in [0.1, 0.15) is 5.71 Å². The minimum Gasteiger partial charge on any atom is -0.387 e. The first-order chi connectivity index (χ1) is 10.6. The summed E-state index contributed by atoms with van der Waals surface area (Å²) in [5.41, 5.74) is 0.829. The minimum absolute atomic E-state index is 0.202. The predicted octanol–water partition coefficient (Wildman–Crippen LogP) is 1.90. The quantitative estimate of drug-likeness (QED) is 0.922. The minimum atomic E-state index is -0.309. The molecule has 0 saturated carbocycles. The van der Waals surface area contributed by atoms with Crippen molar-refractivity contribution >= 4 is 17.3 Å². The van der Waals surface area contributed by atoms with Crippen LogP contribution in [0.2, 0.25) is 0 Å². The molecule has 1 atom stereocenters. The van der Waals surface area contributed by atoms with Gasteiger partial charge in [-0.2, -0.15) is 0 Å². The van der Waals surface area contributed by atoms with Gasteiger partial charge in [0.2, 0.25) is 0 Å². The van der Waals surface area contributed by atoms with Crippen LogP contribution in [0.25, 0.3) is 0 Å². The lowest BCUT2D eigenvalue weighted by atomic mass is 9.96. The first kappa shape index (κ1) is 15.0. The van der Waals surface area contributed by atoms with Crippen molar-refractivity contribution in [3.05, 3.63) is 24.5 Å². The second-order valence-corrected chi connectivity index (χ2v) is 6.56. The van der Waals surface area contributed by atoms with Gasteiger partial charge in [0.05, 0.1) is 11.9 Å². The van der Waals surface area contributed by atoms with Gasteiger partial charge >= 0.3 is 0 Å². The Morgan fingerprint density at radius 2 is 2.41 bits per heavy atom. The van der Waals surface area contributed by atoms with Crippen LogP contribution in [0, 0.1) is 5.92 Å². The zero-order valence-corrected chi connectivity index (χ0v) is 13.1. The number of nitrogens with one attached hydrogen (secondary N) is 1. The van der Waals surface area contributed by atoms with Crippen LogP contribution in [0.4, 0.5) is 5.69 Å². The first-order valence-corrected chi connectivity index (χ1v) is 7.75. The van der Waals surface area contributed by atoms with Crippen LogP contribution in [0.5, 0.6) is 0 Å². The lowest BCUT2D eigenvalue weighted by Crippen LogP contribution is -2.36. The van der Waals surface area contributed by atoms with Crippen LogP contribution in [0.3, 0.4) is 0 Å². The van der Waals surface area contributed by atoms with Crippen LogP contribution in [0.15, 0.2) is 29.7 Å². The predicted molar refractivity (Wildman–Crippen MR) is 84.6 cm³/mol. The van der Waals surface area contributed by atoms with Gasteiger partial charge in [0.25, 0.3) is 5.91 Å². The number of pyridine rings is 1. The molecule has 0 aromatic carbocycles. The maximum atomic E-state index is 12.3. The van der Waals surface area contributed by atoms with Crippen molar-refractivity contribution in [2.45, 2.75) is 32.3 Å². The molecule has 0 radical (unpaired) electrons. The van der Waals surface area contributed by atoms with Crippen molar-refractivity contribution in [2.24, 2.45) is 11.1 Å². The maximum Gasteiger partial charge on any atom is 0.273 e. The van der Waals surface area contributed by atoms with E-state index in [9.17, 15) is 4.79 Å². The van der Waals surface area contributed by atoms with E-state index in [4.69, 9.17) is 4.84 Å². The van der Waals surface area contributed by atoms with Gasteiger partial charge in [0, 0.05) is 38.7 Å². The van der Waals surface area contributed by atoms with E-state index in [1.807, 2.05) is 0 Å². The Morgan fingerprint density at radius 1 is 1.55 bits per heavy atom. The highest BCUT2D eigenvalue weighted by Crippen LogP contribution is 2.34. The summed E-state index contributed by atoms with van der Waals surface area (Å²) < 4.78 is 0. The molecule has 0 aliphatic carbocycles. The largest absolute Gasteiger partial charge is 0.387 e. The van der Waals surface area contributed by atoms with E-state index in [-0.39, 0.29) is 11.5 Å². The van der Waals surface area contributed by atoms with E-state index in [1.165, 1.54) is 0 Å². The molecule has 1 saturated heterocycles. The Hall–Kier alpha value is -1.95. The molecule has 1 aromatic heterocycles. The molecule has 1 aromatic rings. The van der Waals surface area contributed by atoms with Gasteiger partial charge in [-0.1, -0.05) is 19.0 Å². The number of anilines is 1. The topological polar surface area (TPSA) is 66.8 Å². The third kappa shape index (κ3) is 3.27. The zero-order chi connectivity index (χ0) is 15.6. The molecule has 6 nitrogen and oxygen atoms in total. The Kier molecular flexibility index (Phi) is 4.11. The number of carbonyl (C=O) groups is 1. The highest BCUT2D eigenvalue weighted by molar-refractivity contribution is 6.43.